The van der Waals surface area contributed by atoms with Gasteiger partial charge in [-0.15, -0.1) is 11.3 Å². The summed E-state index contributed by atoms with van der Waals surface area (Å²) in [5.74, 6) is 0.540. The van der Waals surface area contributed by atoms with Crippen molar-refractivity contribution in [1.29, 1.82) is 0 Å². The van der Waals surface area contributed by atoms with E-state index < -0.39 is 0 Å². The van der Waals surface area contributed by atoms with Crippen LogP contribution in [-0.2, 0) is 11.8 Å². The lowest BCUT2D eigenvalue weighted by atomic mass is 9.80. The minimum Gasteiger partial charge on any atom is -0.365 e. The third kappa shape index (κ3) is 2.31. The number of hydrogen-bond donors (Lipinski definition) is 0. The number of nitrogens with zero attached hydrogens (tertiary/aromatic N) is 1. The molecular formula is C21H21NO2S. The fraction of sp³-hybridized carbons (Fsp3) is 0.381. The number of hydrogen-bond acceptors (Lipinski definition) is 3. The quantitative estimate of drug-likeness (QED) is 0.634. The minimum atomic E-state index is -0.126. The molecule has 5 rings (SSSR count). The smallest absolute Gasteiger partial charge is 0.251 e. The summed E-state index contributed by atoms with van der Waals surface area (Å²) in [5, 5.41) is 3.29. The first kappa shape index (κ1) is 15.4. The number of rotatable bonds is 1. The summed E-state index contributed by atoms with van der Waals surface area (Å²) >= 11 is 1.86. The monoisotopic (exact) mass is 351 g/mol. The average Bonchev–Trinajstić information content (AvgIpc) is 3.14. The molecule has 1 aromatic carbocycles. The molecule has 0 bridgehead atoms. The number of aryl methyl sites for hydroxylation is 1. The van der Waals surface area contributed by atoms with Crippen LogP contribution >= 0.6 is 11.3 Å². The van der Waals surface area contributed by atoms with Gasteiger partial charge in [-0.1, -0.05) is 31.0 Å². The van der Waals surface area contributed by atoms with Crippen LogP contribution < -0.4 is 5.56 Å². The summed E-state index contributed by atoms with van der Waals surface area (Å²) in [6, 6.07) is 12.1. The molecule has 3 heterocycles. The largest absolute Gasteiger partial charge is 0.365 e. The Labute approximate surface area is 150 Å². The molecule has 0 amide bonds. The number of benzene rings is 1. The Morgan fingerprint density at radius 3 is 2.88 bits per heavy atom. The summed E-state index contributed by atoms with van der Waals surface area (Å²) in [7, 11) is 1.84. The van der Waals surface area contributed by atoms with Crippen molar-refractivity contribution in [3.05, 3.63) is 68.1 Å². The van der Waals surface area contributed by atoms with Gasteiger partial charge in [-0.2, -0.15) is 0 Å². The molecule has 3 aromatic rings. The van der Waals surface area contributed by atoms with Gasteiger partial charge >= 0.3 is 0 Å². The van der Waals surface area contributed by atoms with E-state index in [1.165, 1.54) is 29.7 Å². The molecule has 3 atom stereocenters. The zero-order chi connectivity index (χ0) is 17.0. The van der Waals surface area contributed by atoms with E-state index >= 15 is 0 Å². The van der Waals surface area contributed by atoms with Gasteiger partial charge in [0.2, 0.25) is 0 Å². The molecule has 0 unspecified atom stereocenters. The van der Waals surface area contributed by atoms with E-state index in [0.717, 1.165) is 22.9 Å². The number of pyridine rings is 1. The Morgan fingerprint density at radius 2 is 1.96 bits per heavy atom. The molecule has 0 spiro atoms. The van der Waals surface area contributed by atoms with Gasteiger partial charge in [0, 0.05) is 34.9 Å². The maximum Gasteiger partial charge on any atom is 0.251 e. The average molecular weight is 351 g/mol. The Hall–Kier alpha value is -1.91. The van der Waals surface area contributed by atoms with E-state index in [-0.39, 0.29) is 17.8 Å². The molecule has 2 aromatic heterocycles. The standard InChI is InChI=1S/C21H21NO2S/c1-22-17-8-4-2-6-13(17)16(12-19(22)23)20-15-10-11-25-21(15)14-7-3-5-9-18(14)24-20/h2,4,6,8,10-12,14,18,20H,3,5,7,9H2,1H3/t14-,18-,20-/m1/s1. The molecule has 25 heavy (non-hydrogen) atoms. The summed E-state index contributed by atoms with van der Waals surface area (Å²) in [4.78, 5) is 14.0. The summed E-state index contributed by atoms with van der Waals surface area (Å²) < 4.78 is 8.34. The van der Waals surface area contributed by atoms with Crippen molar-refractivity contribution in [3.8, 4) is 0 Å². The molecule has 2 aliphatic rings. The molecule has 0 radical (unpaired) electrons. The van der Waals surface area contributed by atoms with E-state index in [4.69, 9.17) is 4.74 Å². The molecular weight excluding hydrogens is 330 g/mol. The normalized spacial score (nSPS) is 25.6. The van der Waals surface area contributed by atoms with Crippen molar-refractivity contribution < 1.29 is 4.74 Å². The lowest BCUT2D eigenvalue weighted by molar-refractivity contribution is -0.0368. The Balaban J connectivity index is 1.73. The Kier molecular flexibility index (Phi) is 3.57. The third-order valence-corrected chi connectivity index (χ3v) is 6.89. The van der Waals surface area contributed by atoms with Crippen molar-refractivity contribution >= 4 is 22.2 Å². The Bertz CT molecular complexity index is 1000. The van der Waals surface area contributed by atoms with E-state index in [1.54, 1.807) is 10.6 Å². The van der Waals surface area contributed by atoms with Crippen molar-refractivity contribution in [2.24, 2.45) is 7.05 Å². The number of para-hydroxylation sites is 1. The van der Waals surface area contributed by atoms with Crippen molar-refractivity contribution in [1.82, 2.24) is 4.57 Å². The van der Waals surface area contributed by atoms with Gasteiger partial charge in [-0.05, 0) is 35.9 Å². The van der Waals surface area contributed by atoms with Crippen LogP contribution in [0.2, 0.25) is 0 Å². The van der Waals surface area contributed by atoms with Gasteiger partial charge in [0.15, 0.2) is 0 Å². The van der Waals surface area contributed by atoms with Gasteiger partial charge < -0.3 is 9.30 Å². The molecule has 0 saturated heterocycles. The maximum absolute atomic E-state index is 12.5. The number of fused-ring (bicyclic) bond motifs is 4. The molecule has 3 nitrogen and oxygen atoms in total. The second kappa shape index (κ2) is 5.82. The number of aromatic nitrogens is 1. The van der Waals surface area contributed by atoms with Gasteiger partial charge in [0.05, 0.1) is 11.6 Å². The predicted octanol–water partition coefficient (Wildman–Crippen LogP) is 4.75. The van der Waals surface area contributed by atoms with Crippen molar-refractivity contribution in [2.75, 3.05) is 0 Å². The van der Waals surface area contributed by atoms with Gasteiger partial charge in [-0.3, -0.25) is 4.79 Å². The van der Waals surface area contributed by atoms with Crippen molar-refractivity contribution in [2.45, 2.75) is 43.8 Å². The zero-order valence-electron chi connectivity index (χ0n) is 14.3. The van der Waals surface area contributed by atoms with Gasteiger partial charge in [-0.25, -0.2) is 0 Å². The SMILES string of the molecule is Cn1c(=O)cc([C@@H]2O[C@@H]3CCCC[C@H]3c3sccc32)c2ccccc21. The van der Waals surface area contributed by atoms with Gasteiger partial charge in [0.25, 0.3) is 5.56 Å². The van der Waals surface area contributed by atoms with Crippen LogP contribution in [-0.4, -0.2) is 10.7 Å². The second-order valence-corrected chi connectivity index (χ2v) is 8.15. The number of ether oxygens (including phenoxy) is 1. The molecule has 1 aliphatic heterocycles. The lowest BCUT2D eigenvalue weighted by Gasteiger charge is -2.39. The molecule has 1 fully saturated rings. The highest BCUT2D eigenvalue weighted by Gasteiger charge is 2.39. The van der Waals surface area contributed by atoms with Crippen LogP contribution in [0.4, 0.5) is 0 Å². The van der Waals surface area contributed by atoms with Crippen LogP contribution in [0.3, 0.4) is 0 Å². The van der Waals surface area contributed by atoms with E-state index in [0.29, 0.717) is 5.92 Å². The first-order chi connectivity index (χ1) is 12.2. The molecule has 4 heteroatoms. The van der Waals surface area contributed by atoms with Crippen LogP contribution in [0.25, 0.3) is 10.9 Å². The first-order valence-corrected chi connectivity index (χ1v) is 9.93. The molecule has 1 saturated carbocycles. The van der Waals surface area contributed by atoms with E-state index in [1.807, 2.05) is 36.6 Å². The van der Waals surface area contributed by atoms with Crippen LogP contribution in [0.1, 0.15) is 53.7 Å². The molecule has 1 aliphatic carbocycles. The van der Waals surface area contributed by atoms with Crippen LogP contribution in [0.15, 0.2) is 46.6 Å². The van der Waals surface area contributed by atoms with Crippen LogP contribution in [0.5, 0.6) is 0 Å². The predicted molar refractivity (Wildman–Crippen MR) is 101 cm³/mol. The van der Waals surface area contributed by atoms with E-state index in [9.17, 15) is 4.79 Å². The highest BCUT2D eigenvalue weighted by atomic mass is 32.1. The first-order valence-electron chi connectivity index (χ1n) is 9.05. The fourth-order valence-electron chi connectivity index (χ4n) is 4.55. The fourth-order valence-corrected chi connectivity index (χ4v) is 5.67. The minimum absolute atomic E-state index is 0.0276. The Morgan fingerprint density at radius 1 is 1.12 bits per heavy atom. The lowest BCUT2D eigenvalue weighted by Crippen LogP contribution is -2.33. The van der Waals surface area contributed by atoms with E-state index in [2.05, 4.69) is 17.5 Å². The molecule has 128 valence electrons. The maximum atomic E-state index is 12.5. The highest BCUT2D eigenvalue weighted by molar-refractivity contribution is 7.10. The topological polar surface area (TPSA) is 31.2 Å². The van der Waals surface area contributed by atoms with Crippen molar-refractivity contribution in [3.63, 3.8) is 0 Å². The second-order valence-electron chi connectivity index (χ2n) is 7.20. The molecule has 0 N–H and O–H groups in total. The highest BCUT2D eigenvalue weighted by Crippen LogP contribution is 2.49. The number of thiophene rings is 1. The third-order valence-electron chi connectivity index (χ3n) is 5.83. The summed E-state index contributed by atoms with van der Waals surface area (Å²) in [5.41, 5.74) is 3.28. The summed E-state index contributed by atoms with van der Waals surface area (Å²) in [6.45, 7) is 0. The van der Waals surface area contributed by atoms with Gasteiger partial charge in [0.1, 0.15) is 6.10 Å². The zero-order valence-corrected chi connectivity index (χ0v) is 15.1. The van der Waals surface area contributed by atoms with Crippen LogP contribution in [0, 0.1) is 0 Å². The summed E-state index contributed by atoms with van der Waals surface area (Å²) in [6.07, 6.45) is 5.05.